The van der Waals surface area contributed by atoms with Crippen molar-refractivity contribution in [1.82, 2.24) is 10.3 Å². The summed E-state index contributed by atoms with van der Waals surface area (Å²) < 4.78 is 12.7. The van der Waals surface area contributed by atoms with Crippen LogP contribution in [0.5, 0.6) is 0 Å². The van der Waals surface area contributed by atoms with Gasteiger partial charge in [-0.3, -0.25) is 9.78 Å². The van der Waals surface area contributed by atoms with E-state index in [4.69, 9.17) is 5.11 Å². The zero-order valence-electron chi connectivity index (χ0n) is 8.69. The molecule has 0 radical (unpaired) electrons. The lowest BCUT2D eigenvalue weighted by atomic mass is 9.91. The number of hydrogen-bond donors (Lipinski definition) is 2. The van der Waals surface area contributed by atoms with E-state index in [-0.39, 0.29) is 17.8 Å². The highest BCUT2D eigenvalue weighted by Gasteiger charge is 2.27. The van der Waals surface area contributed by atoms with E-state index in [1.165, 1.54) is 6.07 Å². The molecule has 1 fully saturated rings. The Labute approximate surface area is 92.5 Å². The largest absolute Gasteiger partial charge is 0.481 e. The highest BCUT2D eigenvalue weighted by molar-refractivity contribution is 5.70. The number of carboxylic acids is 1. The fraction of sp³-hybridized carbons (Fsp3) is 0.455. The first-order chi connectivity index (χ1) is 7.66. The molecule has 1 aromatic rings. The molecule has 86 valence electrons. The highest BCUT2D eigenvalue weighted by Crippen LogP contribution is 2.26. The molecule has 1 aliphatic rings. The molecule has 0 saturated carbocycles. The SMILES string of the molecule is O=C(O)C1CCNC(c2ccc(F)cn2)C1. The molecular formula is C11H13FN2O2. The second kappa shape index (κ2) is 4.57. The van der Waals surface area contributed by atoms with E-state index in [1.54, 1.807) is 6.07 Å². The summed E-state index contributed by atoms with van der Waals surface area (Å²) in [4.78, 5) is 14.8. The molecular weight excluding hydrogens is 211 g/mol. The van der Waals surface area contributed by atoms with Gasteiger partial charge in [0, 0.05) is 0 Å². The lowest BCUT2D eigenvalue weighted by Crippen LogP contribution is -2.35. The van der Waals surface area contributed by atoms with Crippen LogP contribution in [0.2, 0.25) is 0 Å². The Bertz CT molecular complexity index is 380. The summed E-state index contributed by atoms with van der Waals surface area (Å²) in [5.41, 5.74) is 0.701. The molecule has 0 aliphatic carbocycles. The lowest BCUT2D eigenvalue weighted by Gasteiger charge is -2.27. The van der Waals surface area contributed by atoms with Gasteiger partial charge in [-0.2, -0.15) is 0 Å². The van der Waals surface area contributed by atoms with Crippen molar-refractivity contribution < 1.29 is 14.3 Å². The Balaban J connectivity index is 2.09. The van der Waals surface area contributed by atoms with Crippen molar-refractivity contribution in [2.24, 2.45) is 5.92 Å². The van der Waals surface area contributed by atoms with Crippen molar-refractivity contribution in [2.75, 3.05) is 6.54 Å². The summed E-state index contributed by atoms with van der Waals surface area (Å²) in [5, 5.41) is 12.1. The van der Waals surface area contributed by atoms with Crippen molar-refractivity contribution in [2.45, 2.75) is 18.9 Å². The third-order valence-electron chi connectivity index (χ3n) is 2.86. The zero-order valence-corrected chi connectivity index (χ0v) is 8.69. The van der Waals surface area contributed by atoms with Crippen LogP contribution in [0.15, 0.2) is 18.3 Å². The average Bonchev–Trinajstić information content (AvgIpc) is 2.30. The molecule has 0 spiro atoms. The van der Waals surface area contributed by atoms with Gasteiger partial charge >= 0.3 is 5.97 Å². The number of nitrogens with one attached hydrogen (secondary N) is 1. The van der Waals surface area contributed by atoms with Crippen LogP contribution < -0.4 is 5.32 Å². The van der Waals surface area contributed by atoms with E-state index in [9.17, 15) is 9.18 Å². The predicted molar refractivity (Wildman–Crippen MR) is 55.3 cm³/mol. The molecule has 0 bridgehead atoms. The number of rotatable bonds is 2. The third-order valence-corrected chi connectivity index (χ3v) is 2.86. The maximum Gasteiger partial charge on any atom is 0.306 e. The van der Waals surface area contributed by atoms with Gasteiger partial charge in [0.2, 0.25) is 0 Å². The predicted octanol–water partition coefficient (Wildman–Crippen LogP) is 1.35. The zero-order chi connectivity index (χ0) is 11.5. The minimum absolute atomic E-state index is 0.0875. The lowest BCUT2D eigenvalue weighted by molar-refractivity contribution is -0.143. The molecule has 16 heavy (non-hydrogen) atoms. The molecule has 1 saturated heterocycles. The second-order valence-corrected chi connectivity index (χ2v) is 3.97. The molecule has 4 nitrogen and oxygen atoms in total. The Morgan fingerprint density at radius 2 is 2.38 bits per heavy atom. The van der Waals surface area contributed by atoms with Crippen LogP contribution in [0, 0.1) is 11.7 Å². The molecule has 2 heterocycles. The van der Waals surface area contributed by atoms with Crippen molar-refractivity contribution in [3.63, 3.8) is 0 Å². The van der Waals surface area contributed by atoms with E-state index < -0.39 is 5.97 Å². The van der Waals surface area contributed by atoms with Gasteiger partial charge in [-0.1, -0.05) is 0 Å². The molecule has 1 aliphatic heterocycles. The van der Waals surface area contributed by atoms with Gasteiger partial charge in [0.1, 0.15) is 5.82 Å². The fourth-order valence-corrected chi connectivity index (χ4v) is 1.96. The van der Waals surface area contributed by atoms with E-state index in [0.717, 1.165) is 6.20 Å². The number of halogens is 1. The van der Waals surface area contributed by atoms with Crippen molar-refractivity contribution in [1.29, 1.82) is 0 Å². The Kier molecular flexibility index (Phi) is 3.14. The summed E-state index contributed by atoms with van der Waals surface area (Å²) in [6.07, 6.45) is 2.29. The van der Waals surface area contributed by atoms with Crippen LogP contribution in [-0.4, -0.2) is 22.6 Å². The number of aromatic nitrogens is 1. The van der Waals surface area contributed by atoms with Crippen LogP contribution in [0.25, 0.3) is 0 Å². The maximum atomic E-state index is 12.7. The molecule has 2 N–H and O–H groups in total. The summed E-state index contributed by atoms with van der Waals surface area (Å²) in [7, 11) is 0. The van der Waals surface area contributed by atoms with E-state index >= 15 is 0 Å². The van der Waals surface area contributed by atoms with Crippen LogP contribution in [-0.2, 0) is 4.79 Å². The minimum Gasteiger partial charge on any atom is -0.481 e. The van der Waals surface area contributed by atoms with Gasteiger partial charge in [-0.25, -0.2) is 4.39 Å². The standard InChI is InChI=1S/C11H13FN2O2/c12-8-1-2-9(14-6-8)10-5-7(11(15)16)3-4-13-10/h1-2,6-7,10,13H,3-5H2,(H,15,16). The molecule has 2 atom stereocenters. The average molecular weight is 224 g/mol. The van der Waals surface area contributed by atoms with Crippen LogP contribution in [0.1, 0.15) is 24.6 Å². The number of carboxylic acid groups (broad SMARTS) is 1. The molecule has 5 heteroatoms. The number of nitrogens with zero attached hydrogens (tertiary/aromatic N) is 1. The van der Waals surface area contributed by atoms with Gasteiger partial charge < -0.3 is 10.4 Å². The summed E-state index contributed by atoms with van der Waals surface area (Å²) >= 11 is 0. The quantitative estimate of drug-likeness (QED) is 0.796. The van der Waals surface area contributed by atoms with Crippen molar-refractivity contribution >= 4 is 5.97 Å². The van der Waals surface area contributed by atoms with Crippen molar-refractivity contribution in [3.05, 3.63) is 29.8 Å². The minimum atomic E-state index is -0.770. The summed E-state index contributed by atoms with van der Waals surface area (Å²) in [6, 6.07) is 2.85. The van der Waals surface area contributed by atoms with Crippen LogP contribution >= 0.6 is 0 Å². The first-order valence-electron chi connectivity index (χ1n) is 5.24. The molecule has 2 rings (SSSR count). The topological polar surface area (TPSA) is 62.2 Å². The normalized spacial score (nSPS) is 25.3. The third kappa shape index (κ3) is 2.36. The van der Waals surface area contributed by atoms with E-state index in [0.29, 0.717) is 25.1 Å². The van der Waals surface area contributed by atoms with Gasteiger partial charge in [0.15, 0.2) is 0 Å². The van der Waals surface area contributed by atoms with Gasteiger partial charge in [-0.15, -0.1) is 0 Å². The molecule has 0 aromatic carbocycles. The van der Waals surface area contributed by atoms with Crippen LogP contribution in [0.4, 0.5) is 4.39 Å². The highest BCUT2D eigenvalue weighted by atomic mass is 19.1. The number of hydrogen-bond acceptors (Lipinski definition) is 3. The summed E-state index contributed by atoms with van der Waals surface area (Å²) in [5.74, 6) is -1.49. The monoisotopic (exact) mass is 224 g/mol. The fourth-order valence-electron chi connectivity index (χ4n) is 1.96. The molecule has 1 aromatic heterocycles. The smallest absolute Gasteiger partial charge is 0.306 e. The Hall–Kier alpha value is -1.49. The van der Waals surface area contributed by atoms with E-state index in [2.05, 4.69) is 10.3 Å². The molecule has 2 unspecified atom stereocenters. The van der Waals surface area contributed by atoms with Crippen LogP contribution in [0.3, 0.4) is 0 Å². The first kappa shape index (κ1) is 11.0. The van der Waals surface area contributed by atoms with Gasteiger partial charge in [-0.05, 0) is 31.5 Å². The number of carbonyl (C=O) groups is 1. The van der Waals surface area contributed by atoms with E-state index in [1.807, 2.05) is 0 Å². The Morgan fingerprint density at radius 3 is 3.00 bits per heavy atom. The summed E-state index contributed by atoms with van der Waals surface area (Å²) in [6.45, 7) is 0.653. The van der Waals surface area contributed by atoms with Gasteiger partial charge in [0.05, 0.1) is 23.9 Å². The maximum absolute atomic E-state index is 12.7. The number of piperidine rings is 1. The second-order valence-electron chi connectivity index (χ2n) is 3.97. The van der Waals surface area contributed by atoms with Gasteiger partial charge in [0.25, 0.3) is 0 Å². The molecule has 0 amide bonds. The number of pyridine rings is 1. The Morgan fingerprint density at radius 1 is 1.56 bits per heavy atom. The number of aliphatic carboxylic acids is 1. The first-order valence-corrected chi connectivity index (χ1v) is 5.24. The van der Waals surface area contributed by atoms with Crippen molar-refractivity contribution in [3.8, 4) is 0 Å².